The molecule has 0 radical (unpaired) electrons. The molecule has 0 saturated heterocycles. The van der Waals surface area contributed by atoms with Gasteiger partial charge in [0.25, 0.3) is 5.91 Å². The fourth-order valence-corrected chi connectivity index (χ4v) is 3.63. The molecule has 2 aromatic carbocycles. The summed E-state index contributed by atoms with van der Waals surface area (Å²) >= 11 is 0. The van der Waals surface area contributed by atoms with Crippen LogP contribution in [0.25, 0.3) is 0 Å². The number of hydroxylamine groups is 2. The average molecular weight is 412 g/mol. The number of fused-ring (bicyclic) bond motifs is 1. The van der Waals surface area contributed by atoms with Gasteiger partial charge in [-0.2, -0.15) is 0 Å². The molecule has 7 nitrogen and oxygen atoms in total. The van der Waals surface area contributed by atoms with Crippen LogP contribution < -0.4 is 10.5 Å². The van der Waals surface area contributed by atoms with Crippen molar-refractivity contribution in [3.8, 4) is 5.75 Å². The Morgan fingerprint density at radius 2 is 1.93 bits per heavy atom. The van der Waals surface area contributed by atoms with Gasteiger partial charge in [0.15, 0.2) is 0 Å². The van der Waals surface area contributed by atoms with E-state index in [1.165, 1.54) is 5.56 Å². The predicted molar refractivity (Wildman–Crippen MR) is 114 cm³/mol. The highest BCUT2D eigenvalue weighted by atomic mass is 16.5. The molecule has 1 aliphatic heterocycles. The highest BCUT2D eigenvalue weighted by Gasteiger charge is 2.24. The lowest BCUT2D eigenvalue weighted by Gasteiger charge is -2.29. The number of hydrogen-bond donors (Lipinski definition) is 2. The molecule has 3 rings (SSSR count). The third kappa shape index (κ3) is 5.97. The smallest absolute Gasteiger partial charge is 0.338 e. The van der Waals surface area contributed by atoms with Crippen molar-refractivity contribution in [3.63, 3.8) is 0 Å². The van der Waals surface area contributed by atoms with E-state index >= 15 is 0 Å². The molecule has 0 atom stereocenters. The SMILES string of the molecule is NC(=O)N(O)CCOc1ccc2c(c1)CCN(CCCCCc1ccccc1)C2=O. The van der Waals surface area contributed by atoms with Gasteiger partial charge in [0.2, 0.25) is 0 Å². The van der Waals surface area contributed by atoms with Crippen LogP contribution in [0.3, 0.4) is 0 Å². The Kier molecular flexibility index (Phi) is 7.68. The Labute approximate surface area is 177 Å². The molecule has 160 valence electrons. The summed E-state index contributed by atoms with van der Waals surface area (Å²) < 4.78 is 5.55. The predicted octanol–water partition coefficient (Wildman–Crippen LogP) is 3.25. The molecule has 0 fully saturated rings. The van der Waals surface area contributed by atoms with Gasteiger partial charge >= 0.3 is 6.03 Å². The van der Waals surface area contributed by atoms with Crippen LogP contribution in [0.1, 0.15) is 40.7 Å². The molecule has 3 amide bonds. The maximum Gasteiger partial charge on any atom is 0.338 e. The van der Waals surface area contributed by atoms with E-state index in [4.69, 9.17) is 10.5 Å². The van der Waals surface area contributed by atoms with Crippen LogP contribution in [0.2, 0.25) is 0 Å². The lowest BCUT2D eigenvalue weighted by molar-refractivity contribution is -0.0464. The third-order valence-electron chi connectivity index (χ3n) is 5.31. The summed E-state index contributed by atoms with van der Waals surface area (Å²) in [5.74, 6) is 0.676. The molecule has 0 bridgehead atoms. The number of carbonyl (C=O) groups excluding carboxylic acids is 2. The molecule has 1 heterocycles. The lowest BCUT2D eigenvalue weighted by Crippen LogP contribution is -2.38. The van der Waals surface area contributed by atoms with Gasteiger partial charge in [-0.3, -0.25) is 10.0 Å². The average Bonchev–Trinajstić information content (AvgIpc) is 2.75. The van der Waals surface area contributed by atoms with Crippen molar-refractivity contribution in [2.45, 2.75) is 32.1 Å². The van der Waals surface area contributed by atoms with Crippen LogP contribution in [-0.2, 0) is 12.8 Å². The van der Waals surface area contributed by atoms with E-state index in [2.05, 4.69) is 24.3 Å². The van der Waals surface area contributed by atoms with Crippen molar-refractivity contribution in [2.24, 2.45) is 5.73 Å². The van der Waals surface area contributed by atoms with Crippen LogP contribution in [0, 0.1) is 0 Å². The van der Waals surface area contributed by atoms with Crippen molar-refractivity contribution in [1.82, 2.24) is 9.96 Å². The number of ether oxygens (including phenoxy) is 1. The number of primary amides is 1. The van der Waals surface area contributed by atoms with E-state index in [1.807, 2.05) is 17.0 Å². The second kappa shape index (κ2) is 10.6. The number of carbonyl (C=O) groups is 2. The van der Waals surface area contributed by atoms with Crippen molar-refractivity contribution in [1.29, 1.82) is 0 Å². The summed E-state index contributed by atoms with van der Waals surface area (Å²) in [6, 6.07) is 14.9. The van der Waals surface area contributed by atoms with Crippen LogP contribution in [0.15, 0.2) is 48.5 Å². The summed E-state index contributed by atoms with van der Waals surface area (Å²) in [6.45, 7) is 1.58. The minimum absolute atomic E-state index is 0.0244. The Bertz CT molecular complexity index is 857. The third-order valence-corrected chi connectivity index (χ3v) is 5.31. The number of benzene rings is 2. The molecule has 0 aromatic heterocycles. The molecule has 0 spiro atoms. The molecule has 0 unspecified atom stereocenters. The summed E-state index contributed by atoms with van der Waals surface area (Å²) in [4.78, 5) is 25.5. The van der Waals surface area contributed by atoms with Crippen molar-refractivity contribution in [3.05, 3.63) is 65.2 Å². The van der Waals surface area contributed by atoms with Gasteiger partial charge in [-0.1, -0.05) is 36.8 Å². The van der Waals surface area contributed by atoms with Gasteiger partial charge in [-0.15, -0.1) is 0 Å². The molecule has 0 saturated carbocycles. The number of nitrogens with two attached hydrogens (primary N) is 1. The first-order valence-corrected chi connectivity index (χ1v) is 10.4. The number of rotatable bonds is 10. The van der Waals surface area contributed by atoms with Gasteiger partial charge < -0.3 is 15.4 Å². The van der Waals surface area contributed by atoms with Crippen molar-refractivity contribution in [2.75, 3.05) is 26.2 Å². The van der Waals surface area contributed by atoms with Gasteiger partial charge in [-0.05, 0) is 55.0 Å². The molecular formula is C23H29N3O4. The fraction of sp³-hybridized carbons (Fsp3) is 0.391. The van der Waals surface area contributed by atoms with Gasteiger partial charge in [0, 0.05) is 18.7 Å². The Hall–Kier alpha value is -3.06. The van der Waals surface area contributed by atoms with Crippen molar-refractivity contribution < 1.29 is 19.5 Å². The molecule has 7 heteroatoms. The van der Waals surface area contributed by atoms with Crippen LogP contribution in [-0.4, -0.2) is 53.3 Å². The summed E-state index contributed by atoms with van der Waals surface area (Å²) in [5, 5.41) is 9.65. The van der Waals surface area contributed by atoms with Crippen LogP contribution in [0.5, 0.6) is 5.75 Å². The number of aryl methyl sites for hydroxylation is 1. The first-order valence-electron chi connectivity index (χ1n) is 10.4. The van der Waals surface area contributed by atoms with E-state index in [0.717, 1.165) is 49.8 Å². The van der Waals surface area contributed by atoms with Gasteiger partial charge in [-0.25, -0.2) is 9.86 Å². The van der Waals surface area contributed by atoms with E-state index in [1.54, 1.807) is 12.1 Å². The Balaban J connectivity index is 1.43. The second-order valence-electron chi connectivity index (χ2n) is 7.47. The zero-order chi connectivity index (χ0) is 21.3. The minimum Gasteiger partial charge on any atom is -0.492 e. The Morgan fingerprint density at radius 1 is 1.13 bits per heavy atom. The zero-order valence-electron chi connectivity index (χ0n) is 17.1. The number of hydrogen-bond acceptors (Lipinski definition) is 4. The van der Waals surface area contributed by atoms with E-state index in [9.17, 15) is 14.8 Å². The normalized spacial score (nSPS) is 13.1. The number of urea groups is 1. The summed E-state index contributed by atoms with van der Waals surface area (Å²) in [6.07, 6.45) is 5.10. The highest BCUT2D eigenvalue weighted by Crippen LogP contribution is 2.24. The second-order valence-corrected chi connectivity index (χ2v) is 7.47. The zero-order valence-corrected chi connectivity index (χ0v) is 17.1. The van der Waals surface area contributed by atoms with Gasteiger partial charge in [0.1, 0.15) is 12.4 Å². The first kappa shape index (κ1) is 21.6. The largest absolute Gasteiger partial charge is 0.492 e. The first-order chi connectivity index (χ1) is 14.5. The number of amides is 3. The number of unbranched alkanes of at least 4 members (excludes halogenated alkanes) is 2. The van der Waals surface area contributed by atoms with Crippen LogP contribution >= 0.6 is 0 Å². The summed E-state index contributed by atoms with van der Waals surface area (Å²) in [7, 11) is 0. The minimum atomic E-state index is -0.921. The lowest BCUT2D eigenvalue weighted by atomic mass is 9.98. The molecule has 3 N–H and O–H groups in total. The van der Waals surface area contributed by atoms with E-state index in [0.29, 0.717) is 17.4 Å². The molecular weight excluding hydrogens is 382 g/mol. The monoisotopic (exact) mass is 411 g/mol. The topological polar surface area (TPSA) is 96.1 Å². The molecule has 1 aliphatic rings. The standard InChI is InChI=1S/C23H29N3O4/c24-23(28)26(29)15-16-30-20-10-11-21-19(17-20)12-14-25(22(21)27)13-6-2-5-9-18-7-3-1-4-8-18/h1,3-4,7-8,10-11,17,29H,2,5-6,9,12-16H2,(H2,24,28). The molecule has 2 aromatic rings. The van der Waals surface area contributed by atoms with Crippen molar-refractivity contribution >= 4 is 11.9 Å². The van der Waals surface area contributed by atoms with E-state index < -0.39 is 6.03 Å². The number of nitrogens with zero attached hydrogens (tertiary/aromatic N) is 2. The van der Waals surface area contributed by atoms with Crippen LogP contribution in [0.4, 0.5) is 4.79 Å². The summed E-state index contributed by atoms with van der Waals surface area (Å²) in [5.41, 5.74) is 8.00. The quantitative estimate of drug-likeness (QED) is 0.356. The van der Waals surface area contributed by atoms with E-state index in [-0.39, 0.29) is 19.1 Å². The maximum absolute atomic E-state index is 12.8. The molecule has 30 heavy (non-hydrogen) atoms. The van der Waals surface area contributed by atoms with Gasteiger partial charge in [0.05, 0.1) is 6.54 Å². The highest BCUT2D eigenvalue weighted by molar-refractivity contribution is 5.96. The fourth-order valence-electron chi connectivity index (χ4n) is 3.63. The maximum atomic E-state index is 12.8. The molecule has 0 aliphatic carbocycles. The Morgan fingerprint density at radius 3 is 2.70 bits per heavy atom.